The first-order chi connectivity index (χ1) is 14.2. The summed E-state index contributed by atoms with van der Waals surface area (Å²) >= 11 is 0. The lowest BCUT2D eigenvalue weighted by molar-refractivity contribution is -0.131. The Kier molecular flexibility index (Phi) is 6.03. The van der Waals surface area contributed by atoms with Crippen molar-refractivity contribution in [1.82, 2.24) is 19.7 Å². The van der Waals surface area contributed by atoms with E-state index in [4.69, 9.17) is 0 Å². The minimum Gasteiger partial charge on any atom is -0.342 e. The highest BCUT2D eigenvalue weighted by molar-refractivity contribution is 5.78. The molecule has 1 aliphatic rings. The van der Waals surface area contributed by atoms with Crippen LogP contribution in [0.4, 0.5) is 0 Å². The third-order valence-electron chi connectivity index (χ3n) is 5.77. The van der Waals surface area contributed by atoms with Gasteiger partial charge in [-0.1, -0.05) is 60.2 Å². The van der Waals surface area contributed by atoms with Gasteiger partial charge >= 0.3 is 0 Å². The predicted octanol–water partition coefficient (Wildman–Crippen LogP) is 3.66. The molecule has 0 bridgehead atoms. The number of benzene rings is 2. The Labute approximate surface area is 172 Å². The highest BCUT2D eigenvalue weighted by Crippen LogP contribution is 2.22. The largest absolute Gasteiger partial charge is 0.342 e. The Morgan fingerprint density at radius 3 is 2.55 bits per heavy atom. The molecule has 0 aliphatic carbocycles. The molecule has 0 spiro atoms. The van der Waals surface area contributed by atoms with Crippen molar-refractivity contribution in [3.63, 3.8) is 0 Å². The van der Waals surface area contributed by atoms with E-state index in [9.17, 15) is 4.79 Å². The summed E-state index contributed by atoms with van der Waals surface area (Å²) in [6, 6.07) is 18.6. The van der Waals surface area contributed by atoms with Gasteiger partial charge in [-0.3, -0.25) is 4.79 Å². The number of carbonyl (C=O) groups is 1. The fraction of sp³-hybridized carbons (Fsp3) is 0.375. The van der Waals surface area contributed by atoms with Gasteiger partial charge in [-0.25, -0.2) is 0 Å². The van der Waals surface area contributed by atoms with Gasteiger partial charge in [0.1, 0.15) is 12.2 Å². The smallest absolute Gasteiger partial charge is 0.226 e. The van der Waals surface area contributed by atoms with Gasteiger partial charge in [-0.15, -0.1) is 10.2 Å². The molecule has 0 atom stereocenters. The molecule has 4 rings (SSSR count). The third kappa shape index (κ3) is 5.11. The number of piperidine rings is 1. The molecule has 0 radical (unpaired) electrons. The van der Waals surface area contributed by atoms with E-state index in [1.165, 1.54) is 11.1 Å². The Bertz CT molecular complexity index is 942. The molecule has 0 saturated carbocycles. The van der Waals surface area contributed by atoms with Crippen molar-refractivity contribution in [2.75, 3.05) is 13.1 Å². The number of aryl methyl sites for hydroxylation is 1. The van der Waals surface area contributed by atoms with E-state index in [2.05, 4.69) is 58.1 Å². The Balaban J connectivity index is 1.29. The number of likely N-dealkylation sites (tertiary alicyclic amines) is 1. The van der Waals surface area contributed by atoms with Crippen molar-refractivity contribution >= 4 is 5.91 Å². The van der Waals surface area contributed by atoms with Crippen LogP contribution in [0.1, 0.15) is 35.4 Å². The van der Waals surface area contributed by atoms with Crippen molar-refractivity contribution in [1.29, 1.82) is 0 Å². The topological polar surface area (TPSA) is 51.0 Å². The van der Waals surface area contributed by atoms with Crippen molar-refractivity contribution < 1.29 is 4.79 Å². The number of aromatic nitrogens is 3. The molecule has 150 valence electrons. The number of carbonyl (C=O) groups excluding carboxylic acids is 1. The van der Waals surface area contributed by atoms with Crippen molar-refractivity contribution in [3.8, 4) is 0 Å². The minimum absolute atomic E-state index is 0.237. The quantitative estimate of drug-likeness (QED) is 0.648. The fourth-order valence-electron chi connectivity index (χ4n) is 4.10. The maximum atomic E-state index is 12.7. The van der Waals surface area contributed by atoms with Gasteiger partial charge in [0.25, 0.3) is 0 Å². The highest BCUT2D eigenvalue weighted by atomic mass is 16.2. The molecular formula is C24H28N4O. The number of nitrogens with zero attached hydrogens (tertiary/aromatic N) is 4. The highest BCUT2D eigenvalue weighted by Gasteiger charge is 2.24. The van der Waals surface area contributed by atoms with Crippen LogP contribution in [0, 0.1) is 12.8 Å². The maximum Gasteiger partial charge on any atom is 0.226 e. The van der Waals surface area contributed by atoms with E-state index >= 15 is 0 Å². The molecule has 0 unspecified atom stereocenters. The molecule has 5 nitrogen and oxygen atoms in total. The summed E-state index contributed by atoms with van der Waals surface area (Å²) in [5.41, 5.74) is 3.56. The molecule has 1 saturated heterocycles. The van der Waals surface area contributed by atoms with E-state index in [1.54, 1.807) is 0 Å². The van der Waals surface area contributed by atoms with Gasteiger partial charge in [0.2, 0.25) is 5.91 Å². The molecule has 3 aromatic rings. The molecule has 5 heteroatoms. The third-order valence-corrected chi connectivity index (χ3v) is 5.77. The van der Waals surface area contributed by atoms with Gasteiger partial charge in [0.15, 0.2) is 0 Å². The normalized spacial score (nSPS) is 14.9. The number of hydrogen-bond donors (Lipinski definition) is 0. The molecule has 1 fully saturated rings. The lowest BCUT2D eigenvalue weighted by Crippen LogP contribution is -2.39. The molecule has 1 aromatic heterocycles. The van der Waals surface area contributed by atoms with Gasteiger partial charge in [-0.05, 0) is 36.8 Å². The van der Waals surface area contributed by atoms with Crippen LogP contribution in [0.2, 0.25) is 0 Å². The zero-order valence-corrected chi connectivity index (χ0v) is 17.0. The summed E-state index contributed by atoms with van der Waals surface area (Å²) in [7, 11) is 0. The van der Waals surface area contributed by atoms with Crippen LogP contribution in [0.3, 0.4) is 0 Å². The van der Waals surface area contributed by atoms with Gasteiger partial charge in [0, 0.05) is 19.5 Å². The van der Waals surface area contributed by atoms with E-state index in [1.807, 2.05) is 29.4 Å². The first-order valence-corrected chi connectivity index (χ1v) is 10.4. The molecule has 2 aromatic carbocycles. The summed E-state index contributed by atoms with van der Waals surface area (Å²) in [5, 5.41) is 8.49. The SMILES string of the molecule is Cc1cccc(CC(=O)N2CCC(Cc3nncn3Cc3ccccc3)CC2)c1. The van der Waals surface area contributed by atoms with Crippen LogP contribution >= 0.6 is 0 Å². The first-order valence-electron chi connectivity index (χ1n) is 10.4. The lowest BCUT2D eigenvalue weighted by Gasteiger charge is -2.32. The average Bonchev–Trinajstić information content (AvgIpc) is 3.16. The monoisotopic (exact) mass is 388 g/mol. The number of hydrogen-bond acceptors (Lipinski definition) is 3. The zero-order valence-electron chi connectivity index (χ0n) is 17.0. The van der Waals surface area contributed by atoms with Crippen molar-refractivity contribution in [2.24, 2.45) is 5.92 Å². The van der Waals surface area contributed by atoms with Crippen LogP contribution in [-0.2, 0) is 24.2 Å². The van der Waals surface area contributed by atoms with Crippen LogP contribution in [0.5, 0.6) is 0 Å². The summed E-state index contributed by atoms with van der Waals surface area (Å²) in [5.74, 6) is 1.83. The second-order valence-electron chi connectivity index (χ2n) is 8.05. The number of rotatable bonds is 6. The molecule has 0 N–H and O–H groups in total. The second-order valence-corrected chi connectivity index (χ2v) is 8.05. The first kappa shape index (κ1) is 19.4. The van der Waals surface area contributed by atoms with Crippen molar-refractivity contribution in [2.45, 2.75) is 39.2 Å². The lowest BCUT2D eigenvalue weighted by atomic mass is 9.92. The molecule has 1 amide bonds. The Hall–Kier alpha value is -2.95. The summed E-state index contributed by atoms with van der Waals surface area (Å²) < 4.78 is 2.14. The standard InChI is InChI=1S/C24H28N4O/c1-19-6-5-9-22(14-19)16-24(29)27-12-10-20(11-13-27)15-23-26-25-18-28(23)17-21-7-3-2-4-8-21/h2-9,14,18,20H,10-13,15-17H2,1H3. The minimum atomic E-state index is 0.237. The van der Waals surface area contributed by atoms with Crippen molar-refractivity contribution in [3.05, 3.63) is 83.4 Å². The van der Waals surface area contributed by atoms with Crippen LogP contribution in [0.25, 0.3) is 0 Å². The molecular weight excluding hydrogens is 360 g/mol. The predicted molar refractivity (Wildman–Crippen MR) is 113 cm³/mol. The zero-order chi connectivity index (χ0) is 20.1. The summed E-state index contributed by atoms with van der Waals surface area (Å²) in [6.07, 6.45) is 5.29. The van der Waals surface area contributed by atoms with Crippen LogP contribution in [-0.4, -0.2) is 38.7 Å². The fourth-order valence-corrected chi connectivity index (χ4v) is 4.10. The summed E-state index contributed by atoms with van der Waals surface area (Å²) in [6.45, 7) is 4.54. The average molecular weight is 389 g/mol. The van der Waals surface area contributed by atoms with E-state index in [0.717, 1.165) is 50.3 Å². The number of amides is 1. The maximum absolute atomic E-state index is 12.7. The van der Waals surface area contributed by atoms with E-state index in [-0.39, 0.29) is 5.91 Å². The van der Waals surface area contributed by atoms with Gasteiger partial charge in [0.05, 0.1) is 13.0 Å². The van der Waals surface area contributed by atoms with E-state index < -0.39 is 0 Å². The Morgan fingerprint density at radius 1 is 1.03 bits per heavy atom. The molecule has 29 heavy (non-hydrogen) atoms. The van der Waals surface area contributed by atoms with Crippen LogP contribution < -0.4 is 0 Å². The van der Waals surface area contributed by atoms with Crippen LogP contribution in [0.15, 0.2) is 60.9 Å². The molecule has 2 heterocycles. The Morgan fingerprint density at radius 2 is 1.79 bits per heavy atom. The summed E-state index contributed by atoms with van der Waals surface area (Å²) in [4.78, 5) is 14.7. The molecule has 1 aliphatic heterocycles. The second kappa shape index (κ2) is 9.03. The van der Waals surface area contributed by atoms with E-state index in [0.29, 0.717) is 12.3 Å². The van der Waals surface area contributed by atoms with Gasteiger partial charge < -0.3 is 9.47 Å². The van der Waals surface area contributed by atoms with Gasteiger partial charge in [-0.2, -0.15) is 0 Å².